The monoisotopic (exact) mass is 452 g/mol. The fourth-order valence-electron chi connectivity index (χ4n) is 3.59. The summed E-state index contributed by atoms with van der Waals surface area (Å²) in [5.74, 6) is 0.383. The molecule has 0 unspecified atom stereocenters. The molecule has 0 fully saturated rings. The van der Waals surface area contributed by atoms with Crippen molar-refractivity contribution in [2.75, 3.05) is 0 Å². The van der Waals surface area contributed by atoms with Crippen LogP contribution in [0.25, 0.3) is 3.59 Å². The zero-order chi connectivity index (χ0) is 18.7. The molecule has 25 heavy (non-hydrogen) atoms. The van der Waals surface area contributed by atoms with Gasteiger partial charge in [-0.3, -0.25) is 0 Å². The van der Waals surface area contributed by atoms with Crippen molar-refractivity contribution in [2.45, 2.75) is 79.5 Å². The Balaban J connectivity index is 3.16. The van der Waals surface area contributed by atoms with Crippen molar-refractivity contribution in [1.82, 2.24) is 0 Å². The minimum atomic E-state index is -2.50. The quantitative estimate of drug-likeness (QED) is 0.194. The molecule has 0 aliphatic rings. The van der Waals surface area contributed by atoms with Crippen LogP contribution >= 0.6 is 0 Å². The molecule has 0 amide bonds. The summed E-state index contributed by atoms with van der Waals surface area (Å²) in [5.41, 5.74) is 1.21. The summed E-state index contributed by atoms with van der Waals surface area (Å²) in [6.07, 6.45) is 7.76. The number of unbranched alkanes of at least 4 members (excludes halogenated alkanes) is 3. The summed E-state index contributed by atoms with van der Waals surface area (Å²) < 4.78 is 10.9. The van der Waals surface area contributed by atoms with Gasteiger partial charge in [-0.25, -0.2) is 0 Å². The molecule has 0 saturated heterocycles. The summed E-state index contributed by atoms with van der Waals surface area (Å²) in [6, 6.07) is 8.04. The van der Waals surface area contributed by atoms with Crippen molar-refractivity contribution in [3.63, 3.8) is 0 Å². The van der Waals surface area contributed by atoms with Gasteiger partial charge in [0.1, 0.15) is 0 Å². The Labute approximate surface area is 158 Å². The van der Waals surface area contributed by atoms with Gasteiger partial charge in [0.25, 0.3) is 0 Å². The summed E-state index contributed by atoms with van der Waals surface area (Å²) >= 11 is -2.50. The second kappa shape index (κ2) is 11.8. The van der Waals surface area contributed by atoms with Crippen LogP contribution in [0.1, 0.15) is 71.8 Å². The van der Waals surface area contributed by atoms with E-state index in [0.29, 0.717) is 5.75 Å². The van der Waals surface area contributed by atoms with E-state index in [1.165, 1.54) is 67.9 Å². The van der Waals surface area contributed by atoms with Crippen LogP contribution in [-0.4, -0.2) is 24.3 Å². The predicted molar refractivity (Wildman–Crippen MR) is 112 cm³/mol. The molecule has 0 bridgehead atoms. The molecule has 0 aliphatic heterocycles. The Morgan fingerprint density at radius 3 is 1.96 bits per heavy atom. The van der Waals surface area contributed by atoms with Crippen LogP contribution in [0.5, 0.6) is 5.75 Å². The first-order valence-corrected chi connectivity index (χ1v) is 17.5. The predicted octanol–water partition coefficient (Wildman–Crippen LogP) is 7.01. The van der Waals surface area contributed by atoms with Crippen LogP contribution in [-0.2, 0) is 4.79 Å². The molecular formula is C22H36O2Sn. The Hall–Kier alpha value is -0.771. The third kappa shape index (κ3) is 7.16. The minimum absolute atomic E-state index is 0.263. The zero-order valence-corrected chi connectivity index (χ0v) is 19.6. The SMILES string of the molecule is C=[C](c1cccc(OC(C)=O)c1)[Sn]([CH2]CCC)([CH2]CCC)[CH2]CCC. The van der Waals surface area contributed by atoms with E-state index in [2.05, 4.69) is 33.4 Å². The van der Waals surface area contributed by atoms with Gasteiger partial charge in [0.15, 0.2) is 0 Å². The van der Waals surface area contributed by atoms with Gasteiger partial charge < -0.3 is 0 Å². The maximum absolute atomic E-state index is 11.3. The van der Waals surface area contributed by atoms with Crippen molar-refractivity contribution >= 4 is 27.9 Å². The van der Waals surface area contributed by atoms with E-state index in [1.807, 2.05) is 18.2 Å². The van der Waals surface area contributed by atoms with E-state index in [1.54, 1.807) is 0 Å². The van der Waals surface area contributed by atoms with Crippen LogP contribution in [0.2, 0.25) is 13.3 Å². The normalized spacial score (nSPS) is 11.4. The van der Waals surface area contributed by atoms with Crippen LogP contribution in [0.4, 0.5) is 0 Å². The van der Waals surface area contributed by atoms with Gasteiger partial charge in [-0.15, -0.1) is 0 Å². The average molecular weight is 451 g/mol. The van der Waals surface area contributed by atoms with E-state index in [9.17, 15) is 4.79 Å². The first kappa shape index (κ1) is 22.3. The number of esters is 1. The van der Waals surface area contributed by atoms with E-state index >= 15 is 0 Å². The molecule has 1 aromatic rings. The van der Waals surface area contributed by atoms with Crippen molar-refractivity contribution in [3.05, 3.63) is 36.4 Å². The Morgan fingerprint density at radius 1 is 1.00 bits per heavy atom. The Bertz CT molecular complexity index is 529. The number of rotatable bonds is 12. The Kier molecular flexibility index (Phi) is 10.5. The fourth-order valence-corrected chi connectivity index (χ4v) is 19.3. The van der Waals surface area contributed by atoms with Gasteiger partial charge in [0, 0.05) is 0 Å². The summed E-state index contributed by atoms with van der Waals surface area (Å²) in [7, 11) is 0. The molecule has 0 N–H and O–H groups in total. The average Bonchev–Trinajstić information content (AvgIpc) is 2.60. The Morgan fingerprint density at radius 2 is 1.52 bits per heavy atom. The van der Waals surface area contributed by atoms with Crippen molar-refractivity contribution in [2.24, 2.45) is 0 Å². The fraction of sp³-hybridized carbons (Fsp3) is 0.591. The van der Waals surface area contributed by atoms with Gasteiger partial charge in [-0.05, 0) is 0 Å². The maximum atomic E-state index is 11.3. The summed E-state index contributed by atoms with van der Waals surface area (Å²) in [6.45, 7) is 13.0. The van der Waals surface area contributed by atoms with Gasteiger partial charge in [0.05, 0.1) is 0 Å². The van der Waals surface area contributed by atoms with Crippen molar-refractivity contribution in [1.29, 1.82) is 0 Å². The van der Waals surface area contributed by atoms with Crippen LogP contribution < -0.4 is 4.74 Å². The van der Waals surface area contributed by atoms with E-state index in [-0.39, 0.29) is 5.97 Å². The molecule has 1 aromatic carbocycles. The second-order valence-electron chi connectivity index (χ2n) is 7.19. The molecule has 0 aliphatic carbocycles. The van der Waals surface area contributed by atoms with E-state index in [4.69, 9.17) is 4.74 Å². The molecular weight excluding hydrogens is 415 g/mol. The van der Waals surface area contributed by atoms with Crippen LogP contribution in [0, 0.1) is 0 Å². The standard InChI is InChI=1S/C10H9O2.3C4H9.Sn/c1-3-9-5-4-6-10(7-9)12-8(2)11;3*1-3-4-2;/h4-7H,1H2,2H3;3*1,3-4H2,2H3;. The molecule has 1 rings (SSSR count). The first-order chi connectivity index (χ1) is 12.0. The molecule has 3 heteroatoms. The number of hydrogen-bond donors (Lipinski definition) is 0. The first-order valence-electron chi connectivity index (χ1n) is 9.97. The van der Waals surface area contributed by atoms with Crippen molar-refractivity contribution < 1.29 is 9.53 Å². The number of benzene rings is 1. The summed E-state index contributed by atoms with van der Waals surface area (Å²) in [4.78, 5) is 11.3. The van der Waals surface area contributed by atoms with Gasteiger partial charge in [-0.2, -0.15) is 0 Å². The third-order valence-corrected chi connectivity index (χ3v) is 20.8. The molecule has 0 aromatic heterocycles. The number of hydrogen-bond acceptors (Lipinski definition) is 2. The van der Waals surface area contributed by atoms with Crippen molar-refractivity contribution in [3.8, 4) is 5.75 Å². The molecule has 0 atom stereocenters. The number of carbonyl (C=O) groups excluding carboxylic acids is 1. The van der Waals surface area contributed by atoms with Gasteiger partial charge in [0.2, 0.25) is 0 Å². The van der Waals surface area contributed by atoms with Gasteiger partial charge >= 0.3 is 159 Å². The molecule has 0 spiro atoms. The van der Waals surface area contributed by atoms with E-state index < -0.39 is 18.4 Å². The molecule has 0 heterocycles. The number of ether oxygens (including phenoxy) is 1. The second-order valence-corrected chi connectivity index (χ2v) is 20.5. The molecule has 0 saturated carbocycles. The topological polar surface area (TPSA) is 26.3 Å². The van der Waals surface area contributed by atoms with E-state index in [0.717, 1.165) is 0 Å². The third-order valence-electron chi connectivity index (χ3n) is 5.11. The molecule has 2 nitrogen and oxygen atoms in total. The van der Waals surface area contributed by atoms with Crippen LogP contribution in [0.15, 0.2) is 30.8 Å². The molecule has 0 radical (unpaired) electrons. The van der Waals surface area contributed by atoms with Crippen LogP contribution in [0.3, 0.4) is 0 Å². The molecule has 140 valence electrons. The summed E-state index contributed by atoms with van der Waals surface area (Å²) in [5, 5.41) is 0. The van der Waals surface area contributed by atoms with Gasteiger partial charge in [-0.1, -0.05) is 0 Å². The number of carbonyl (C=O) groups is 1. The zero-order valence-electron chi connectivity index (χ0n) is 16.7.